The zero-order valence-corrected chi connectivity index (χ0v) is 9.62. The van der Waals surface area contributed by atoms with Crippen LogP contribution in [0.2, 0.25) is 0 Å². The molecular weight excluding hydrogens is 192 g/mol. The summed E-state index contributed by atoms with van der Waals surface area (Å²) in [5, 5.41) is 0. The highest BCUT2D eigenvalue weighted by Gasteiger charge is 2.55. The van der Waals surface area contributed by atoms with Crippen molar-refractivity contribution in [2.75, 3.05) is 6.61 Å². The van der Waals surface area contributed by atoms with Crippen molar-refractivity contribution in [3.8, 4) is 0 Å². The summed E-state index contributed by atoms with van der Waals surface area (Å²) in [5.41, 5.74) is -0.131. The number of rotatable bonds is 0. The molecule has 3 heteroatoms. The normalized spacial score (nSPS) is 54.8. The van der Waals surface area contributed by atoms with Gasteiger partial charge in [-0.1, -0.05) is 19.8 Å². The van der Waals surface area contributed by atoms with Crippen LogP contribution in [0.1, 0.15) is 46.0 Å². The minimum atomic E-state index is -0.484. The zero-order chi connectivity index (χ0) is 10.5. The van der Waals surface area contributed by atoms with Gasteiger partial charge < -0.3 is 4.74 Å². The summed E-state index contributed by atoms with van der Waals surface area (Å²) < 4.78 is 5.85. The fourth-order valence-corrected chi connectivity index (χ4v) is 3.48. The predicted octanol–water partition coefficient (Wildman–Crippen LogP) is 2.65. The van der Waals surface area contributed by atoms with Gasteiger partial charge in [0.2, 0.25) is 0 Å². The molecule has 2 bridgehead atoms. The molecular formula is C12H20O3. The molecule has 1 aliphatic carbocycles. The highest BCUT2D eigenvalue weighted by atomic mass is 17.2. The minimum absolute atomic E-state index is 0.131. The third kappa shape index (κ3) is 1.44. The van der Waals surface area contributed by atoms with E-state index in [1.165, 1.54) is 19.3 Å². The molecule has 0 amide bonds. The van der Waals surface area contributed by atoms with Crippen LogP contribution < -0.4 is 0 Å². The highest BCUT2D eigenvalue weighted by Crippen LogP contribution is 2.50. The van der Waals surface area contributed by atoms with E-state index in [0.717, 1.165) is 25.4 Å². The molecule has 0 aromatic heterocycles. The van der Waals surface area contributed by atoms with E-state index in [1.54, 1.807) is 0 Å². The van der Waals surface area contributed by atoms with Crippen LogP contribution in [0, 0.1) is 11.8 Å². The van der Waals surface area contributed by atoms with Crippen molar-refractivity contribution in [2.45, 2.75) is 57.3 Å². The van der Waals surface area contributed by atoms with E-state index >= 15 is 0 Å². The molecule has 0 aromatic carbocycles. The van der Waals surface area contributed by atoms with E-state index in [0.29, 0.717) is 5.92 Å². The van der Waals surface area contributed by atoms with E-state index in [-0.39, 0.29) is 5.60 Å². The largest absolute Gasteiger partial charge is 0.344 e. The molecule has 3 saturated heterocycles. The van der Waals surface area contributed by atoms with Gasteiger partial charge in [0.15, 0.2) is 5.79 Å². The molecule has 3 aliphatic heterocycles. The van der Waals surface area contributed by atoms with Crippen LogP contribution >= 0.6 is 0 Å². The molecule has 4 fully saturated rings. The summed E-state index contributed by atoms with van der Waals surface area (Å²) in [6.45, 7) is 5.05. The number of hydrogen-bond acceptors (Lipinski definition) is 3. The average molecular weight is 212 g/mol. The van der Waals surface area contributed by atoms with Gasteiger partial charge in [-0.05, 0) is 31.6 Å². The van der Waals surface area contributed by atoms with Crippen molar-refractivity contribution >= 4 is 0 Å². The molecule has 1 saturated carbocycles. The second-order valence-electron chi connectivity index (χ2n) is 5.67. The van der Waals surface area contributed by atoms with Gasteiger partial charge >= 0.3 is 0 Å². The first-order valence-electron chi connectivity index (χ1n) is 6.14. The standard InChI is InChI=1S/C12H20O3/c1-9-4-3-6-12-8-13-11(2,14-15-12)7-5-10(9)12/h9-10H,3-8H2,1-2H3/t9-,10+,11-,12-/m1/s1. The Balaban J connectivity index is 1.92. The monoisotopic (exact) mass is 212 g/mol. The van der Waals surface area contributed by atoms with E-state index in [9.17, 15) is 0 Å². The zero-order valence-electron chi connectivity index (χ0n) is 9.62. The maximum atomic E-state index is 5.85. The Kier molecular flexibility index (Phi) is 2.14. The number of ether oxygens (including phenoxy) is 1. The van der Waals surface area contributed by atoms with Crippen LogP contribution in [0.4, 0.5) is 0 Å². The summed E-state index contributed by atoms with van der Waals surface area (Å²) in [6, 6.07) is 0. The molecule has 0 radical (unpaired) electrons. The highest BCUT2D eigenvalue weighted by molar-refractivity contribution is 4.98. The summed E-state index contributed by atoms with van der Waals surface area (Å²) in [4.78, 5) is 11.2. The van der Waals surface area contributed by atoms with Gasteiger partial charge in [0, 0.05) is 6.42 Å². The fraction of sp³-hybridized carbons (Fsp3) is 1.00. The summed E-state index contributed by atoms with van der Waals surface area (Å²) in [5.74, 6) is 0.879. The van der Waals surface area contributed by atoms with Gasteiger partial charge in [0.25, 0.3) is 0 Å². The Hall–Kier alpha value is -0.120. The topological polar surface area (TPSA) is 27.7 Å². The molecule has 4 aliphatic rings. The van der Waals surface area contributed by atoms with Crippen molar-refractivity contribution in [3.63, 3.8) is 0 Å². The smallest absolute Gasteiger partial charge is 0.198 e. The molecule has 3 nitrogen and oxygen atoms in total. The molecule has 4 rings (SSSR count). The SMILES string of the molecule is C[C@@H]1CCC[C@@]23CO[C@@](C)(CC[C@@H]12)OO3. The van der Waals surface area contributed by atoms with Gasteiger partial charge in [-0.25, -0.2) is 9.78 Å². The fourth-order valence-electron chi connectivity index (χ4n) is 3.48. The van der Waals surface area contributed by atoms with Crippen LogP contribution in [-0.4, -0.2) is 18.0 Å². The summed E-state index contributed by atoms with van der Waals surface area (Å²) in [7, 11) is 0. The van der Waals surface area contributed by atoms with Crippen LogP contribution in [0.25, 0.3) is 0 Å². The van der Waals surface area contributed by atoms with Gasteiger partial charge in [-0.2, -0.15) is 0 Å². The van der Waals surface area contributed by atoms with Crippen molar-refractivity contribution in [3.05, 3.63) is 0 Å². The van der Waals surface area contributed by atoms with Crippen molar-refractivity contribution in [1.29, 1.82) is 0 Å². The molecule has 3 heterocycles. The third-order valence-corrected chi connectivity index (χ3v) is 4.54. The summed E-state index contributed by atoms with van der Waals surface area (Å²) >= 11 is 0. The molecule has 0 aromatic rings. The average Bonchev–Trinajstić information content (AvgIpc) is 2.46. The Labute approximate surface area is 91.0 Å². The molecule has 86 valence electrons. The van der Waals surface area contributed by atoms with E-state index in [2.05, 4.69) is 6.92 Å². The van der Waals surface area contributed by atoms with Crippen molar-refractivity contribution in [1.82, 2.24) is 0 Å². The Bertz CT molecular complexity index is 256. The Morgan fingerprint density at radius 3 is 2.73 bits per heavy atom. The van der Waals surface area contributed by atoms with Gasteiger partial charge in [0.05, 0.1) is 6.61 Å². The molecule has 0 N–H and O–H groups in total. The number of hydrogen-bond donors (Lipinski definition) is 0. The number of fused-ring (bicyclic) bond motifs is 3. The van der Waals surface area contributed by atoms with Crippen molar-refractivity contribution < 1.29 is 14.5 Å². The predicted molar refractivity (Wildman–Crippen MR) is 55.0 cm³/mol. The van der Waals surface area contributed by atoms with Gasteiger partial charge in [-0.15, -0.1) is 0 Å². The lowest BCUT2D eigenvalue weighted by Crippen LogP contribution is -2.53. The lowest BCUT2D eigenvalue weighted by Gasteiger charge is -2.46. The maximum Gasteiger partial charge on any atom is 0.198 e. The van der Waals surface area contributed by atoms with Gasteiger partial charge in [0.1, 0.15) is 5.60 Å². The third-order valence-electron chi connectivity index (χ3n) is 4.54. The first-order valence-corrected chi connectivity index (χ1v) is 6.14. The van der Waals surface area contributed by atoms with Crippen LogP contribution in [0.3, 0.4) is 0 Å². The van der Waals surface area contributed by atoms with E-state index in [4.69, 9.17) is 14.5 Å². The molecule has 1 spiro atoms. The van der Waals surface area contributed by atoms with E-state index in [1.807, 2.05) is 6.92 Å². The first kappa shape index (κ1) is 10.1. The maximum absolute atomic E-state index is 5.85. The molecule has 4 atom stereocenters. The second-order valence-corrected chi connectivity index (χ2v) is 5.67. The van der Waals surface area contributed by atoms with Gasteiger partial charge in [-0.3, -0.25) is 0 Å². The molecule has 15 heavy (non-hydrogen) atoms. The van der Waals surface area contributed by atoms with Crippen LogP contribution in [0.15, 0.2) is 0 Å². The second kappa shape index (κ2) is 3.19. The van der Waals surface area contributed by atoms with Crippen LogP contribution in [0.5, 0.6) is 0 Å². The van der Waals surface area contributed by atoms with Crippen molar-refractivity contribution in [2.24, 2.45) is 11.8 Å². The van der Waals surface area contributed by atoms with E-state index < -0.39 is 5.79 Å². The Morgan fingerprint density at radius 1 is 1.13 bits per heavy atom. The lowest BCUT2D eigenvalue weighted by molar-refractivity contribution is -0.508. The molecule has 0 unspecified atom stereocenters. The quantitative estimate of drug-likeness (QED) is 0.578. The first-order chi connectivity index (χ1) is 7.14. The lowest BCUT2D eigenvalue weighted by atomic mass is 9.68. The minimum Gasteiger partial charge on any atom is -0.344 e. The summed E-state index contributed by atoms with van der Waals surface area (Å²) in [6.07, 6.45) is 5.80. The van der Waals surface area contributed by atoms with Crippen LogP contribution in [-0.2, 0) is 14.5 Å². The Morgan fingerprint density at radius 2 is 2.00 bits per heavy atom.